The van der Waals surface area contributed by atoms with Crippen LogP contribution in [0.25, 0.3) is 0 Å². The molecule has 5 nitrogen and oxygen atoms in total. The zero-order chi connectivity index (χ0) is 13.2. The van der Waals surface area contributed by atoms with Crippen LogP contribution in [0.5, 0.6) is 0 Å². The molecule has 5 heteroatoms. The molecule has 0 spiro atoms. The van der Waals surface area contributed by atoms with Crippen molar-refractivity contribution in [1.82, 2.24) is 5.32 Å². The second-order valence-corrected chi connectivity index (χ2v) is 5.33. The molecular formula is C13H20N2O3. The first-order chi connectivity index (χ1) is 8.53. The van der Waals surface area contributed by atoms with E-state index in [1.807, 2.05) is 0 Å². The molecule has 1 saturated carbocycles. The van der Waals surface area contributed by atoms with Crippen LogP contribution >= 0.6 is 0 Å². The second kappa shape index (κ2) is 5.10. The van der Waals surface area contributed by atoms with Crippen LogP contribution in [-0.4, -0.2) is 28.6 Å². The largest absolute Gasteiger partial charge is 0.480 e. The van der Waals surface area contributed by atoms with Gasteiger partial charge in [0.1, 0.15) is 5.54 Å². The number of nitrogens with two attached hydrogens (primary N) is 1. The molecule has 0 saturated heterocycles. The maximum Gasteiger partial charge on any atom is 0.329 e. The molecule has 0 aromatic carbocycles. The van der Waals surface area contributed by atoms with E-state index in [0.29, 0.717) is 19.3 Å². The van der Waals surface area contributed by atoms with Crippen LogP contribution in [0.15, 0.2) is 12.2 Å². The minimum absolute atomic E-state index is 0.0899. The van der Waals surface area contributed by atoms with E-state index in [2.05, 4.69) is 5.32 Å². The summed E-state index contributed by atoms with van der Waals surface area (Å²) in [5.74, 6) is -1.40. The summed E-state index contributed by atoms with van der Waals surface area (Å²) in [6.07, 6.45) is 7.95. The standard InChI is InChI=1S/C13H20N2O3/c14-10-5-4-9(8-10)11(16)15-13(12(17)18)6-2-1-3-7-13/h4-5,9-10H,1-3,6-8,14H2,(H,15,16)(H,17,18). The van der Waals surface area contributed by atoms with Crippen molar-refractivity contribution in [3.05, 3.63) is 12.2 Å². The summed E-state index contributed by atoms with van der Waals surface area (Å²) in [6, 6.07) is -0.0899. The first-order valence-electron chi connectivity index (χ1n) is 6.53. The first kappa shape index (κ1) is 13.1. The van der Waals surface area contributed by atoms with Gasteiger partial charge in [0.15, 0.2) is 0 Å². The number of rotatable bonds is 3. The van der Waals surface area contributed by atoms with Crippen molar-refractivity contribution in [2.75, 3.05) is 0 Å². The molecule has 0 aromatic rings. The summed E-state index contributed by atoms with van der Waals surface area (Å²) in [5, 5.41) is 12.1. The molecule has 4 N–H and O–H groups in total. The Morgan fingerprint density at radius 2 is 1.89 bits per heavy atom. The molecule has 0 bridgehead atoms. The molecule has 0 radical (unpaired) electrons. The Morgan fingerprint density at radius 3 is 2.39 bits per heavy atom. The molecule has 1 fully saturated rings. The average Bonchev–Trinajstić information content (AvgIpc) is 2.77. The third-order valence-electron chi connectivity index (χ3n) is 3.93. The van der Waals surface area contributed by atoms with E-state index in [-0.39, 0.29) is 17.9 Å². The number of nitrogens with one attached hydrogen (secondary N) is 1. The number of hydrogen-bond donors (Lipinski definition) is 3. The number of hydrogen-bond acceptors (Lipinski definition) is 3. The Balaban J connectivity index is 2.03. The van der Waals surface area contributed by atoms with E-state index >= 15 is 0 Å². The molecule has 2 unspecified atom stereocenters. The molecular weight excluding hydrogens is 232 g/mol. The number of carboxylic acids is 1. The molecule has 2 aliphatic rings. The zero-order valence-electron chi connectivity index (χ0n) is 10.4. The van der Waals surface area contributed by atoms with E-state index in [1.54, 1.807) is 12.2 Å². The summed E-state index contributed by atoms with van der Waals surface area (Å²) < 4.78 is 0. The molecule has 0 aromatic heterocycles. The van der Waals surface area contributed by atoms with Crippen molar-refractivity contribution in [2.45, 2.75) is 50.1 Å². The van der Waals surface area contributed by atoms with Gasteiger partial charge in [-0.05, 0) is 19.3 Å². The van der Waals surface area contributed by atoms with E-state index in [4.69, 9.17) is 5.73 Å². The van der Waals surface area contributed by atoms with Crippen LogP contribution in [0.1, 0.15) is 38.5 Å². The Hall–Kier alpha value is -1.36. The van der Waals surface area contributed by atoms with Crippen LogP contribution < -0.4 is 11.1 Å². The molecule has 100 valence electrons. The van der Waals surface area contributed by atoms with Gasteiger partial charge in [-0.15, -0.1) is 0 Å². The Labute approximate surface area is 106 Å². The van der Waals surface area contributed by atoms with E-state index < -0.39 is 11.5 Å². The van der Waals surface area contributed by atoms with Crippen molar-refractivity contribution in [2.24, 2.45) is 11.7 Å². The van der Waals surface area contributed by atoms with Gasteiger partial charge in [0.2, 0.25) is 5.91 Å². The Morgan fingerprint density at radius 1 is 1.22 bits per heavy atom. The quantitative estimate of drug-likeness (QED) is 0.648. The third kappa shape index (κ3) is 2.56. The minimum Gasteiger partial charge on any atom is -0.480 e. The van der Waals surface area contributed by atoms with Gasteiger partial charge in [0.25, 0.3) is 0 Å². The highest BCUT2D eigenvalue weighted by molar-refractivity contribution is 5.89. The molecule has 2 rings (SSSR count). The van der Waals surface area contributed by atoms with Crippen LogP contribution in [0.4, 0.5) is 0 Å². The summed E-state index contributed by atoms with van der Waals surface area (Å²) in [5.41, 5.74) is 4.65. The van der Waals surface area contributed by atoms with Gasteiger partial charge in [-0.2, -0.15) is 0 Å². The number of aliphatic carboxylic acids is 1. The number of carbonyl (C=O) groups excluding carboxylic acids is 1. The lowest BCUT2D eigenvalue weighted by Crippen LogP contribution is -2.56. The molecule has 18 heavy (non-hydrogen) atoms. The van der Waals surface area contributed by atoms with E-state index in [9.17, 15) is 14.7 Å². The monoisotopic (exact) mass is 252 g/mol. The van der Waals surface area contributed by atoms with Gasteiger partial charge >= 0.3 is 5.97 Å². The van der Waals surface area contributed by atoms with Crippen molar-refractivity contribution in [3.63, 3.8) is 0 Å². The SMILES string of the molecule is NC1C=CC(C(=O)NC2(C(=O)O)CCCCC2)C1. The number of amides is 1. The lowest BCUT2D eigenvalue weighted by molar-refractivity contribution is -0.149. The molecule has 0 aliphatic heterocycles. The summed E-state index contributed by atoms with van der Waals surface area (Å²) >= 11 is 0. The van der Waals surface area contributed by atoms with Gasteiger partial charge in [-0.25, -0.2) is 4.79 Å². The first-order valence-corrected chi connectivity index (χ1v) is 6.53. The predicted molar refractivity (Wildman–Crippen MR) is 66.8 cm³/mol. The van der Waals surface area contributed by atoms with Crippen molar-refractivity contribution < 1.29 is 14.7 Å². The predicted octanol–water partition coefficient (Wildman–Crippen LogP) is 0.793. The summed E-state index contributed by atoms with van der Waals surface area (Å²) in [4.78, 5) is 23.5. The lowest BCUT2D eigenvalue weighted by Gasteiger charge is -2.34. The maximum absolute atomic E-state index is 12.1. The molecule has 0 heterocycles. The number of carbonyl (C=O) groups is 2. The minimum atomic E-state index is -1.06. The van der Waals surface area contributed by atoms with Gasteiger partial charge in [-0.3, -0.25) is 4.79 Å². The molecule has 1 amide bonds. The van der Waals surface area contributed by atoms with E-state index in [1.165, 1.54) is 0 Å². The smallest absolute Gasteiger partial charge is 0.329 e. The van der Waals surface area contributed by atoms with Gasteiger partial charge in [-0.1, -0.05) is 31.4 Å². The average molecular weight is 252 g/mol. The van der Waals surface area contributed by atoms with Crippen molar-refractivity contribution >= 4 is 11.9 Å². The zero-order valence-corrected chi connectivity index (χ0v) is 10.4. The van der Waals surface area contributed by atoms with Crippen LogP contribution in [0.3, 0.4) is 0 Å². The summed E-state index contributed by atoms with van der Waals surface area (Å²) in [7, 11) is 0. The van der Waals surface area contributed by atoms with E-state index in [0.717, 1.165) is 19.3 Å². The Kier molecular flexibility index (Phi) is 3.71. The lowest BCUT2D eigenvalue weighted by atomic mass is 9.81. The fourth-order valence-electron chi connectivity index (χ4n) is 2.80. The van der Waals surface area contributed by atoms with Crippen LogP contribution in [0, 0.1) is 5.92 Å². The van der Waals surface area contributed by atoms with Crippen LogP contribution in [-0.2, 0) is 9.59 Å². The van der Waals surface area contributed by atoms with Gasteiger partial charge in [0, 0.05) is 6.04 Å². The normalized spacial score (nSPS) is 30.1. The highest BCUT2D eigenvalue weighted by atomic mass is 16.4. The van der Waals surface area contributed by atoms with Crippen LogP contribution in [0.2, 0.25) is 0 Å². The van der Waals surface area contributed by atoms with Gasteiger partial charge < -0.3 is 16.2 Å². The number of carboxylic acid groups (broad SMARTS) is 1. The topological polar surface area (TPSA) is 92.4 Å². The fourth-order valence-corrected chi connectivity index (χ4v) is 2.80. The maximum atomic E-state index is 12.1. The second-order valence-electron chi connectivity index (χ2n) is 5.33. The summed E-state index contributed by atoms with van der Waals surface area (Å²) in [6.45, 7) is 0. The van der Waals surface area contributed by atoms with Crippen molar-refractivity contribution in [3.8, 4) is 0 Å². The highest BCUT2D eigenvalue weighted by Gasteiger charge is 2.42. The van der Waals surface area contributed by atoms with Gasteiger partial charge in [0.05, 0.1) is 5.92 Å². The molecule has 2 aliphatic carbocycles. The third-order valence-corrected chi connectivity index (χ3v) is 3.93. The fraction of sp³-hybridized carbons (Fsp3) is 0.692. The van der Waals surface area contributed by atoms with Crippen molar-refractivity contribution in [1.29, 1.82) is 0 Å². The Bertz CT molecular complexity index is 372. The molecule has 2 atom stereocenters. The highest BCUT2D eigenvalue weighted by Crippen LogP contribution is 2.29.